The van der Waals surface area contributed by atoms with Gasteiger partial charge >= 0.3 is 12.0 Å². The molecule has 1 atom stereocenters. The molecule has 0 fully saturated rings. The molecule has 0 aromatic heterocycles. The number of carboxylic acids is 1. The molecule has 1 aliphatic rings. The van der Waals surface area contributed by atoms with Crippen LogP contribution in [0.4, 0.5) is 14.9 Å². The van der Waals surface area contributed by atoms with Gasteiger partial charge in [0.2, 0.25) is 5.91 Å². The van der Waals surface area contributed by atoms with Gasteiger partial charge in [-0.3, -0.25) is 25.0 Å². The molecule has 0 saturated heterocycles. The molecule has 2 aromatic rings. The number of nitrogen functional groups attached to an aromatic ring is 1. The van der Waals surface area contributed by atoms with Crippen LogP contribution in [-0.2, 0) is 22.5 Å². The number of nitrogens with zero attached hydrogens (tertiary/aromatic N) is 2. The van der Waals surface area contributed by atoms with Crippen molar-refractivity contribution in [3.8, 4) is 5.75 Å². The van der Waals surface area contributed by atoms with Gasteiger partial charge in [-0.25, -0.2) is 14.0 Å². The van der Waals surface area contributed by atoms with Crippen molar-refractivity contribution in [1.82, 2.24) is 15.7 Å². The third-order valence-corrected chi connectivity index (χ3v) is 6.23. The first-order chi connectivity index (χ1) is 18.7. The van der Waals surface area contributed by atoms with E-state index in [4.69, 9.17) is 20.4 Å². The van der Waals surface area contributed by atoms with Gasteiger partial charge in [-0.15, -0.1) is 0 Å². The maximum absolute atomic E-state index is 13.9. The summed E-state index contributed by atoms with van der Waals surface area (Å²) in [5, 5.41) is 11.9. The third kappa shape index (κ3) is 8.14. The van der Waals surface area contributed by atoms with Crippen LogP contribution in [0.2, 0.25) is 0 Å². The number of rotatable bonds is 11. The highest BCUT2D eigenvalue weighted by Gasteiger charge is 2.33. The van der Waals surface area contributed by atoms with Crippen LogP contribution in [0.3, 0.4) is 0 Å². The number of benzene rings is 2. The number of carbonyl (C=O) groups excluding carboxylic acids is 2. The molecule has 1 heterocycles. The van der Waals surface area contributed by atoms with E-state index in [2.05, 4.69) is 15.8 Å². The summed E-state index contributed by atoms with van der Waals surface area (Å²) in [6.07, 6.45) is 2.12. The number of amides is 3. The van der Waals surface area contributed by atoms with Crippen molar-refractivity contribution >= 4 is 29.4 Å². The van der Waals surface area contributed by atoms with Gasteiger partial charge in [0, 0.05) is 12.2 Å². The molecular formula is C27H34FN5O6. The van der Waals surface area contributed by atoms with E-state index in [1.165, 1.54) is 31.4 Å². The molecule has 1 aliphatic heterocycles. The minimum absolute atomic E-state index is 0.0593. The number of hydrogen-bond acceptors (Lipinski definition) is 8. The quantitative estimate of drug-likeness (QED) is 0.192. The number of carbonyl (C=O) groups is 3. The number of aryl methyl sites for hydroxylation is 1. The summed E-state index contributed by atoms with van der Waals surface area (Å²) < 4.78 is 19.2. The molecule has 5 N–H and O–H groups in total. The summed E-state index contributed by atoms with van der Waals surface area (Å²) in [5.41, 5.74) is 10.2. The summed E-state index contributed by atoms with van der Waals surface area (Å²) >= 11 is 0. The van der Waals surface area contributed by atoms with Crippen LogP contribution < -0.4 is 21.3 Å². The highest BCUT2D eigenvalue weighted by molar-refractivity contribution is 6.01. The molecule has 0 spiro atoms. The van der Waals surface area contributed by atoms with Crippen molar-refractivity contribution in [3.05, 3.63) is 58.9 Å². The number of anilines is 1. The summed E-state index contributed by atoms with van der Waals surface area (Å²) in [7, 11) is 1.47. The van der Waals surface area contributed by atoms with E-state index in [1.54, 1.807) is 19.1 Å². The normalized spacial score (nSPS) is 15.4. The Kier molecular flexibility index (Phi) is 10.6. The fourth-order valence-electron chi connectivity index (χ4n) is 4.22. The lowest BCUT2D eigenvalue weighted by atomic mass is 9.97. The number of halogens is 1. The van der Waals surface area contributed by atoms with Gasteiger partial charge in [-0.2, -0.15) is 0 Å². The van der Waals surface area contributed by atoms with Crippen molar-refractivity contribution < 1.29 is 33.5 Å². The summed E-state index contributed by atoms with van der Waals surface area (Å²) in [6, 6.07) is 8.35. The Hall–Kier alpha value is -4.19. The van der Waals surface area contributed by atoms with Crippen LogP contribution in [0.25, 0.3) is 0 Å². The average molecular weight is 544 g/mol. The number of aromatic carboxylic acids is 1. The average Bonchev–Trinajstić information content (AvgIpc) is 3.06. The fourth-order valence-corrected chi connectivity index (χ4v) is 4.22. The Bertz CT molecular complexity index is 1220. The Balaban J connectivity index is 1.61. The van der Waals surface area contributed by atoms with Gasteiger partial charge < -0.3 is 20.9 Å². The highest BCUT2D eigenvalue weighted by atomic mass is 19.1. The predicted octanol–water partition coefficient (Wildman–Crippen LogP) is 2.79. The lowest BCUT2D eigenvalue weighted by Crippen LogP contribution is -2.49. The molecule has 3 amide bonds. The number of aliphatic imine (C=N–C) groups is 1. The van der Waals surface area contributed by atoms with Gasteiger partial charge in [0.05, 0.1) is 38.3 Å². The number of nitrogens with one attached hydrogen (secondary N) is 2. The topological polar surface area (TPSA) is 156 Å². The maximum atomic E-state index is 13.9. The first kappa shape index (κ1) is 29.4. The number of urea groups is 1. The molecule has 12 heteroatoms. The van der Waals surface area contributed by atoms with Crippen LogP contribution in [-0.4, -0.2) is 67.1 Å². The fraction of sp³-hybridized carbons (Fsp3) is 0.407. The first-order valence-corrected chi connectivity index (χ1v) is 12.7. The molecule has 0 bridgehead atoms. The zero-order valence-corrected chi connectivity index (χ0v) is 22.0. The zero-order valence-electron chi connectivity index (χ0n) is 22.0. The van der Waals surface area contributed by atoms with Gasteiger partial charge in [-0.05, 0) is 74.1 Å². The van der Waals surface area contributed by atoms with Gasteiger partial charge in [-0.1, -0.05) is 6.07 Å². The molecular weight excluding hydrogens is 509 g/mol. The van der Waals surface area contributed by atoms with E-state index in [0.717, 1.165) is 10.5 Å². The Morgan fingerprint density at radius 3 is 2.72 bits per heavy atom. The molecule has 3 rings (SSSR count). The van der Waals surface area contributed by atoms with Crippen molar-refractivity contribution in [1.29, 1.82) is 0 Å². The number of carboxylic acid groups (broad SMARTS) is 1. The van der Waals surface area contributed by atoms with Crippen LogP contribution >= 0.6 is 0 Å². The van der Waals surface area contributed by atoms with Crippen LogP contribution in [0.5, 0.6) is 5.75 Å². The number of hydroxylamine groups is 1. The monoisotopic (exact) mass is 543 g/mol. The second kappa shape index (κ2) is 14.1. The SMILES string of the molecule is CCONC1=NC[C@H](Cc2cc(F)ccc2OC)C(=O)N(C(=O)NCCCCc2ccc(C(=O)O)c(N)c2)C1. The smallest absolute Gasteiger partial charge is 0.337 e. The van der Waals surface area contributed by atoms with Crippen LogP contribution in [0.15, 0.2) is 41.4 Å². The molecule has 0 unspecified atom stereocenters. The standard InChI is InChI=1S/C27H34FN5O6/c1-3-39-32-24-16-33(25(34)19(15-31-24)13-18-14-20(28)8-10-23(18)38-2)27(37)30-11-5-4-6-17-7-9-21(26(35)36)22(29)12-17/h7-10,12,14,19H,3-6,11,13,15-16,29H2,1-2H3,(H,30,37)(H,31,32)(H,35,36)/t19-/m0/s1. The van der Waals surface area contributed by atoms with Crippen LogP contribution in [0.1, 0.15) is 41.3 Å². The van der Waals surface area contributed by atoms with E-state index in [9.17, 15) is 18.8 Å². The lowest BCUT2D eigenvalue weighted by molar-refractivity contribution is -0.131. The van der Waals surface area contributed by atoms with E-state index in [-0.39, 0.29) is 30.8 Å². The molecule has 11 nitrogen and oxygen atoms in total. The number of methoxy groups -OCH3 is 1. The Morgan fingerprint density at radius 2 is 2.03 bits per heavy atom. The zero-order chi connectivity index (χ0) is 28.4. The number of hydrogen-bond donors (Lipinski definition) is 4. The highest BCUT2D eigenvalue weighted by Crippen LogP contribution is 2.25. The maximum Gasteiger partial charge on any atom is 0.337 e. The first-order valence-electron chi connectivity index (χ1n) is 12.7. The number of nitrogens with two attached hydrogens (primary N) is 1. The number of unbranched alkanes of at least 4 members (excludes halogenated alkanes) is 1. The largest absolute Gasteiger partial charge is 0.496 e. The van der Waals surface area contributed by atoms with E-state index in [1.807, 2.05) is 0 Å². The van der Waals surface area contributed by atoms with Crippen molar-refractivity contribution in [2.45, 2.75) is 32.6 Å². The van der Waals surface area contributed by atoms with Crippen molar-refractivity contribution in [3.63, 3.8) is 0 Å². The Morgan fingerprint density at radius 1 is 1.23 bits per heavy atom. The second-order valence-corrected chi connectivity index (χ2v) is 9.02. The van der Waals surface area contributed by atoms with Crippen LogP contribution in [0, 0.1) is 11.7 Å². The van der Waals surface area contributed by atoms with E-state index in [0.29, 0.717) is 49.6 Å². The number of amidine groups is 1. The van der Waals surface area contributed by atoms with Crippen molar-refractivity contribution in [2.24, 2.45) is 10.9 Å². The van der Waals surface area contributed by atoms with Gasteiger partial charge in [0.15, 0.2) is 0 Å². The molecule has 2 aromatic carbocycles. The molecule has 39 heavy (non-hydrogen) atoms. The minimum Gasteiger partial charge on any atom is -0.496 e. The second-order valence-electron chi connectivity index (χ2n) is 9.02. The van der Waals surface area contributed by atoms with Crippen molar-refractivity contribution in [2.75, 3.05) is 39.1 Å². The molecule has 0 aliphatic carbocycles. The molecule has 210 valence electrons. The van der Waals surface area contributed by atoms with E-state index < -0.39 is 29.6 Å². The number of ether oxygens (including phenoxy) is 1. The predicted molar refractivity (Wildman–Crippen MR) is 143 cm³/mol. The summed E-state index contributed by atoms with van der Waals surface area (Å²) in [6.45, 7) is 2.44. The van der Waals surface area contributed by atoms with E-state index >= 15 is 0 Å². The van der Waals surface area contributed by atoms with Gasteiger partial charge in [0.25, 0.3) is 0 Å². The molecule has 0 saturated carbocycles. The number of imide groups is 1. The molecule has 0 radical (unpaired) electrons. The Labute approximate surface area is 226 Å². The third-order valence-electron chi connectivity index (χ3n) is 6.23. The van der Waals surface area contributed by atoms with Gasteiger partial charge in [0.1, 0.15) is 17.4 Å². The summed E-state index contributed by atoms with van der Waals surface area (Å²) in [5.74, 6) is -1.91. The summed E-state index contributed by atoms with van der Waals surface area (Å²) in [4.78, 5) is 48.3. The lowest BCUT2D eigenvalue weighted by Gasteiger charge is -2.23. The minimum atomic E-state index is -1.08.